The minimum Gasteiger partial charge on any atom is -0.497 e. The van der Waals surface area contributed by atoms with Crippen LogP contribution < -0.4 is 14.8 Å². The van der Waals surface area contributed by atoms with Gasteiger partial charge in [-0.2, -0.15) is 5.10 Å². The van der Waals surface area contributed by atoms with Crippen molar-refractivity contribution < 1.29 is 23.8 Å². The Balaban J connectivity index is 1.53. The standard InChI is InChI=1S/C24H27FN4O4/c1-29(14-15-6-8-17(32-2)9-7-15)22-20(27-24(31)19-10-11-26-28-19)13-21(23(22)30)33-18-5-3-4-16(25)12-18/h3-12,20-23,30H,13-14H2,1-2H3,(H,26,28)(H,27,31)/t20-,21-,22+,23+/m1/s1. The zero-order chi connectivity index (χ0) is 23.4. The van der Waals surface area contributed by atoms with E-state index in [9.17, 15) is 14.3 Å². The van der Waals surface area contributed by atoms with Crippen LogP contribution in [0.15, 0.2) is 60.8 Å². The molecule has 3 aromatic rings. The van der Waals surface area contributed by atoms with Crippen LogP contribution in [0.4, 0.5) is 4.39 Å². The lowest BCUT2D eigenvalue weighted by atomic mass is 10.1. The SMILES string of the molecule is COc1ccc(CN(C)[C@@H]2[C@@H](O)[C@H](Oc3cccc(F)c3)C[C@H]2NC(=O)c2ccn[nH]2)cc1. The predicted octanol–water partition coefficient (Wildman–Crippen LogP) is 2.37. The Bertz CT molecular complexity index is 1060. The van der Waals surface area contributed by atoms with Gasteiger partial charge in [-0.1, -0.05) is 18.2 Å². The molecule has 4 rings (SSSR count). The number of rotatable bonds is 8. The van der Waals surface area contributed by atoms with Crippen molar-refractivity contribution in [2.45, 2.75) is 37.3 Å². The molecule has 0 spiro atoms. The Morgan fingerprint density at radius 1 is 1.24 bits per heavy atom. The number of benzene rings is 2. The summed E-state index contributed by atoms with van der Waals surface area (Å²) in [6.45, 7) is 0.537. The van der Waals surface area contributed by atoms with Crippen LogP contribution in [0.25, 0.3) is 0 Å². The second-order valence-electron chi connectivity index (χ2n) is 8.14. The third-order valence-corrected chi connectivity index (χ3v) is 5.87. The Hall–Kier alpha value is -3.43. The van der Waals surface area contributed by atoms with Crippen molar-refractivity contribution in [3.63, 3.8) is 0 Å². The lowest BCUT2D eigenvalue weighted by Gasteiger charge is -2.32. The summed E-state index contributed by atoms with van der Waals surface area (Å²) < 4.78 is 24.8. The van der Waals surface area contributed by atoms with Crippen molar-refractivity contribution in [2.24, 2.45) is 0 Å². The van der Waals surface area contributed by atoms with Crippen molar-refractivity contribution in [3.05, 3.63) is 77.9 Å². The van der Waals surface area contributed by atoms with Crippen LogP contribution in [-0.4, -0.2) is 64.6 Å². The normalized spacial score (nSPS) is 22.3. The summed E-state index contributed by atoms with van der Waals surface area (Å²) in [5.41, 5.74) is 1.36. The number of aliphatic hydroxyl groups excluding tert-OH is 1. The summed E-state index contributed by atoms with van der Waals surface area (Å²) in [4.78, 5) is 14.7. The Morgan fingerprint density at radius 2 is 2.03 bits per heavy atom. The second kappa shape index (κ2) is 10.0. The summed E-state index contributed by atoms with van der Waals surface area (Å²) in [5.74, 6) is 0.350. The number of halogens is 1. The van der Waals surface area contributed by atoms with Gasteiger partial charge in [-0.25, -0.2) is 4.39 Å². The summed E-state index contributed by atoms with van der Waals surface area (Å²) in [6, 6.07) is 14.2. The van der Waals surface area contributed by atoms with Gasteiger partial charge >= 0.3 is 0 Å². The van der Waals surface area contributed by atoms with E-state index < -0.39 is 30.1 Å². The van der Waals surface area contributed by atoms with Crippen molar-refractivity contribution >= 4 is 5.91 Å². The third-order valence-electron chi connectivity index (χ3n) is 5.87. The third kappa shape index (κ3) is 5.32. The smallest absolute Gasteiger partial charge is 0.269 e. The van der Waals surface area contributed by atoms with Crippen molar-refractivity contribution in [3.8, 4) is 11.5 Å². The number of nitrogens with one attached hydrogen (secondary N) is 2. The van der Waals surface area contributed by atoms with E-state index in [4.69, 9.17) is 9.47 Å². The molecular weight excluding hydrogens is 427 g/mol. The van der Waals surface area contributed by atoms with E-state index in [1.54, 1.807) is 25.3 Å². The Kier molecular flexibility index (Phi) is 6.90. The maximum Gasteiger partial charge on any atom is 0.269 e. The van der Waals surface area contributed by atoms with Gasteiger partial charge in [-0.15, -0.1) is 0 Å². The first kappa shape index (κ1) is 22.8. The monoisotopic (exact) mass is 454 g/mol. The average Bonchev–Trinajstić information content (AvgIpc) is 3.43. The van der Waals surface area contributed by atoms with Crippen LogP contribution in [0.2, 0.25) is 0 Å². The number of amides is 1. The number of hydrogen-bond acceptors (Lipinski definition) is 6. The summed E-state index contributed by atoms with van der Waals surface area (Å²) >= 11 is 0. The number of nitrogens with zero attached hydrogens (tertiary/aromatic N) is 2. The van der Waals surface area contributed by atoms with E-state index in [1.807, 2.05) is 36.2 Å². The number of methoxy groups -OCH3 is 1. The van der Waals surface area contributed by atoms with Crippen LogP contribution in [0.3, 0.4) is 0 Å². The molecule has 33 heavy (non-hydrogen) atoms. The van der Waals surface area contributed by atoms with Gasteiger partial charge in [0, 0.05) is 25.2 Å². The Labute approximate surface area is 191 Å². The first-order valence-corrected chi connectivity index (χ1v) is 10.7. The van der Waals surface area contributed by atoms with Crippen LogP contribution in [0, 0.1) is 5.82 Å². The van der Waals surface area contributed by atoms with Gasteiger partial charge in [0.05, 0.1) is 19.2 Å². The first-order chi connectivity index (χ1) is 15.9. The molecule has 0 radical (unpaired) electrons. The fourth-order valence-electron chi connectivity index (χ4n) is 4.29. The first-order valence-electron chi connectivity index (χ1n) is 10.7. The molecule has 1 aromatic heterocycles. The molecule has 0 bridgehead atoms. The fraction of sp³-hybridized carbons (Fsp3) is 0.333. The fourth-order valence-corrected chi connectivity index (χ4v) is 4.29. The molecule has 0 unspecified atom stereocenters. The molecule has 1 amide bonds. The van der Waals surface area contributed by atoms with Crippen LogP contribution >= 0.6 is 0 Å². The highest BCUT2D eigenvalue weighted by Crippen LogP contribution is 2.30. The molecule has 0 saturated heterocycles. The molecule has 9 heteroatoms. The number of carbonyl (C=O) groups is 1. The van der Waals surface area contributed by atoms with Gasteiger partial charge in [-0.3, -0.25) is 14.8 Å². The zero-order valence-electron chi connectivity index (χ0n) is 18.4. The molecule has 8 nitrogen and oxygen atoms in total. The molecule has 2 aromatic carbocycles. The van der Waals surface area contributed by atoms with Gasteiger partial charge in [0.15, 0.2) is 0 Å². The molecule has 1 fully saturated rings. The van der Waals surface area contributed by atoms with Crippen molar-refractivity contribution in [1.82, 2.24) is 20.4 Å². The number of aliphatic hydroxyl groups is 1. The highest BCUT2D eigenvalue weighted by atomic mass is 19.1. The maximum atomic E-state index is 13.6. The number of aromatic nitrogens is 2. The summed E-state index contributed by atoms with van der Waals surface area (Å²) in [5, 5.41) is 20.6. The minimum absolute atomic E-state index is 0.320. The Morgan fingerprint density at radius 3 is 2.70 bits per heavy atom. The molecular formula is C24H27FN4O4. The van der Waals surface area contributed by atoms with E-state index in [2.05, 4.69) is 15.5 Å². The number of H-pyrrole nitrogens is 1. The molecule has 174 valence electrons. The van der Waals surface area contributed by atoms with E-state index in [0.29, 0.717) is 24.4 Å². The van der Waals surface area contributed by atoms with Crippen molar-refractivity contribution in [2.75, 3.05) is 14.2 Å². The van der Waals surface area contributed by atoms with E-state index in [1.165, 1.54) is 18.3 Å². The lowest BCUT2D eigenvalue weighted by Crippen LogP contribution is -2.51. The molecule has 1 heterocycles. The maximum absolute atomic E-state index is 13.6. The number of carbonyl (C=O) groups excluding carboxylic acids is 1. The predicted molar refractivity (Wildman–Crippen MR) is 120 cm³/mol. The number of ether oxygens (including phenoxy) is 2. The lowest BCUT2D eigenvalue weighted by molar-refractivity contribution is 0.0124. The second-order valence-corrected chi connectivity index (χ2v) is 8.14. The van der Waals surface area contributed by atoms with Crippen LogP contribution in [-0.2, 0) is 6.54 Å². The van der Waals surface area contributed by atoms with Gasteiger partial charge in [0.25, 0.3) is 5.91 Å². The number of aromatic amines is 1. The topological polar surface area (TPSA) is 99.7 Å². The highest BCUT2D eigenvalue weighted by molar-refractivity contribution is 5.92. The minimum atomic E-state index is -0.913. The van der Waals surface area contributed by atoms with Gasteiger partial charge < -0.3 is 19.9 Å². The molecule has 1 aliphatic rings. The molecule has 1 aliphatic carbocycles. The molecule has 0 aliphatic heterocycles. The molecule has 1 saturated carbocycles. The van der Waals surface area contributed by atoms with Gasteiger partial charge in [0.1, 0.15) is 35.2 Å². The summed E-state index contributed by atoms with van der Waals surface area (Å²) in [7, 11) is 3.50. The number of likely N-dealkylation sites (N-methyl/N-ethyl adjacent to an activating group) is 1. The summed E-state index contributed by atoms with van der Waals surface area (Å²) in [6.07, 6.45) is 0.322. The number of hydrogen-bond donors (Lipinski definition) is 3. The van der Waals surface area contributed by atoms with Gasteiger partial charge in [0.2, 0.25) is 0 Å². The van der Waals surface area contributed by atoms with E-state index in [0.717, 1.165) is 11.3 Å². The molecule has 3 N–H and O–H groups in total. The van der Waals surface area contributed by atoms with Crippen LogP contribution in [0.5, 0.6) is 11.5 Å². The molecule has 4 atom stereocenters. The van der Waals surface area contributed by atoms with E-state index >= 15 is 0 Å². The quantitative estimate of drug-likeness (QED) is 0.483. The highest BCUT2D eigenvalue weighted by Gasteiger charge is 2.46. The van der Waals surface area contributed by atoms with Crippen LogP contribution in [0.1, 0.15) is 22.5 Å². The largest absolute Gasteiger partial charge is 0.497 e. The average molecular weight is 455 g/mol. The van der Waals surface area contributed by atoms with Crippen molar-refractivity contribution in [1.29, 1.82) is 0 Å². The van der Waals surface area contributed by atoms with E-state index in [-0.39, 0.29) is 5.91 Å². The zero-order valence-corrected chi connectivity index (χ0v) is 18.4. The van der Waals surface area contributed by atoms with Gasteiger partial charge in [-0.05, 0) is 42.9 Å².